The Bertz CT molecular complexity index is 725. The summed E-state index contributed by atoms with van der Waals surface area (Å²) in [5.74, 6) is -0.844. The molecule has 0 fully saturated rings. The van der Waals surface area contributed by atoms with Crippen LogP contribution in [0.15, 0.2) is 28.8 Å². The first-order valence-corrected chi connectivity index (χ1v) is 9.05. The number of hydrogen-bond donors (Lipinski definition) is 1. The van der Waals surface area contributed by atoms with Gasteiger partial charge in [0.2, 0.25) is 5.91 Å². The van der Waals surface area contributed by atoms with Crippen molar-refractivity contribution in [2.75, 3.05) is 5.32 Å². The lowest BCUT2D eigenvalue weighted by Gasteiger charge is -2.08. The van der Waals surface area contributed by atoms with E-state index in [0.717, 1.165) is 24.9 Å². The van der Waals surface area contributed by atoms with Gasteiger partial charge in [-0.25, -0.2) is 0 Å². The third kappa shape index (κ3) is 7.03. The van der Waals surface area contributed by atoms with Gasteiger partial charge >= 0.3 is 12.1 Å². The molecule has 1 amide bonds. The Morgan fingerprint density at radius 2 is 1.78 bits per heavy atom. The van der Waals surface area contributed by atoms with Gasteiger partial charge in [-0.05, 0) is 36.5 Å². The Labute approximate surface area is 156 Å². The summed E-state index contributed by atoms with van der Waals surface area (Å²) >= 11 is 0. The Kier molecular flexibility index (Phi) is 7.38. The summed E-state index contributed by atoms with van der Waals surface area (Å²) in [7, 11) is 0. The zero-order valence-corrected chi connectivity index (χ0v) is 15.5. The van der Waals surface area contributed by atoms with Crippen molar-refractivity contribution in [1.82, 2.24) is 10.1 Å². The monoisotopic (exact) mass is 383 g/mol. The number of carbonyl (C=O) groups excluding carboxylic acids is 1. The fourth-order valence-corrected chi connectivity index (χ4v) is 2.57. The zero-order valence-electron chi connectivity index (χ0n) is 15.5. The van der Waals surface area contributed by atoms with Crippen LogP contribution in [0.25, 0.3) is 0 Å². The number of rotatable bonds is 9. The van der Waals surface area contributed by atoms with E-state index in [4.69, 9.17) is 0 Å². The molecular weight excluding hydrogens is 359 g/mol. The molecule has 0 bridgehead atoms. The number of nitrogens with zero attached hydrogens (tertiary/aromatic N) is 2. The summed E-state index contributed by atoms with van der Waals surface area (Å²) in [4.78, 5) is 15.3. The Hall–Kier alpha value is -2.38. The van der Waals surface area contributed by atoms with Gasteiger partial charge in [-0.1, -0.05) is 44.0 Å². The second-order valence-electron chi connectivity index (χ2n) is 6.75. The topological polar surface area (TPSA) is 68.0 Å². The van der Waals surface area contributed by atoms with Crippen molar-refractivity contribution < 1.29 is 22.5 Å². The number of benzene rings is 1. The molecular formula is C19H24F3N3O2. The van der Waals surface area contributed by atoms with Gasteiger partial charge in [-0.2, -0.15) is 18.2 Å². The molecule has 0 atom stereocenters. The number of amides is 1. The summed E-state index contributed by atoms with van der Waals surface area (Å²) in [6.07, 6.45) is -0.908. The first kappa shape index (κ1) is 20.9. The van der Waals surface area contributed by atoms with E-state index in [0.29, 0.717) is 25.2 Å². The smallest absolute Gasteiger partial charge is 0.329 e. The molecule has 0 unspecified atom stereocenters. The van der Waals surface area contributed by atoms with Gasteiger partial charge in [0.25, 0.3) is 0 Å². The molecule has 1 N–H and O–H groups in total. The van der Waals surface area contributed by atoms with E-state index in [1.54, 1.807) is 0 Å². The molecule has 2 aromatic rings. The molecule has 0 radical (unpaired) electrons. The second-order valence-corrected chi connectivity index (χ2v) is 6.75. The standard InChI is InChI=1S/C19H24F3N3O2/c1-13(2)14-9-11-15(12-10-14)23-17(26)8-6-4-3-5-7-16-24-18(27-25-16)19(20,21)22/h9-13H,3-8H2,1-2H3,(H,23,26). The minimum absolute atomic E-state index is 0.0414. The van der Waals surface area contributed by atoms with E-state index in [-0.39, 0.29) is 11.7 Å². The zero-order chi connectivity index (χ0) is 19.9. The van der Waals surface area contributed by atoms with Crippen molar-refractivity contribution in [1.29, 1.82) is 0 Å². The number of aromatic nitrogens is 2. The molecule has 1 heterocycles. The van der Waals surface area contributed by atoms with Crippen LogP contribution in [0, 0.1) is 0 Å². The van der Waals surface area contributed by atoms with E-state index < -0.39 is 12.1 Å². The number of hydrogen-bond acceptors (Lipinski definition) is 4. The third-order valence-electron chi connectivity index (χ3n) is 4.13. The quantitative estimate of drug-likeness (QED) is 0.593. The van der Waals surface area contributed by atoms with E-state index in [1.165, 1.54) is 5.56 Å². The number of nitrogens with one attached hydrogen (secondary N) is 1. The van der Waals surface area contributed by atoms with Gasteiger partial charge in [0.1, 0.15) is 0 Å². The lowest BCUT2D eigenvalue weighted by molar-refractivity contribution is -0.159. The van der Waals surface area contributed by atoms with Crippen molar-refractivity contribution in [3.05, 3.63) is 41.5 Å². The van der Waals surface area contributed by atoms with Gasteiger partial charge in [0.15, 0.2) is 5.82 Å². The Balaban J connectivity index is 1.59. The first-order valence-electron chi connectivity index (χ1n) is 9.05. The van der Waals surface area contributed by atoms with Crippen LogP contribution < -0.4 is 5.32 Å². The highest BCUT2D eigenvalue weighted by Gasteiger charge is 2.38. The molecule has 0 aliphatic carbocycles. The van der Waals surface area contributed by atoms with Crippen molar-refractivity contribution in [2.24, 2.45) is 0 Å². The van der Waals surface area contributed by atoms with Crippen molar-refractivity contribution >= 4 is 11.6 Å². The van der Waals surface area contributed by atoms with Gasteiger partial charge in [0.05, 0.1) is 0 Å². The third-order valence-corrected chi connectivity index (χ3v) is 4.13. The van der Waals surface area contributed by atoms with Crippen molar-refractivity contribution in [3.8, 4) is 0 Å². The fraction of sp³-hybridized carbons (Fsp3) is 0.526. The van der Waals surface area contributed by atoms with Crippen molar-refractivity contribution in [2.45, 2.75) is 64.5 Å². The lowest BCUT2D eigenvalue weighted by Crippen LogP contribution is -2.11. The molecule has 0 spiro atoms. The van der Waals surface area contributed by atoms with Gasteiger partial charge in [-0.15, -0.1) is 0 Å². The number of unbranched alkanes of at least 4 members (excludes halogenated alkanes) is 3. The van der Waals surface area contributed by atoms with Crippen LogP contribution >= 0.6 is 0 Å². The molecule has 0 saturated heterocycles. The SMILES string of the molecule is CC(C)c1ccc(NC(=O)CCCCCCc2noc(C(F)(F)F)n2)cc1. The lowest BCUT2D eigenvalue weighted by atomic mass is 10.0. The minimum atomic E-state index is -4.60. The number of carbonyl (C=O) groups is 1. The van der Waals surface area contributed by atoms with E-state index in [2.05, 4.69) is 33.8 Å². The first-order chi connectivity index (χ1) is 12.8. The van der Waals surface area contributed by atoms with Crippen LogP contribution in [-0.4, -0.2) is 16.0 Å². The number of alkyl halides is 3. The number of anilines is 1. The molecule has 1 aromatic carbocycles. The Morgan fingerprint density at radius 3 is 2.37 bits per heavy atom. The minimum Gasteiger partial charge on any atom is -0.329 e. The summed E-state index contributed by atoms with van der Waals surface area (Å²) in [6.45, 7) is 4.23. The fourth-order valence-electron chi connectivity index (χ4n) is 2.57. The van der Waals surface area contributed by atoms with E-state index in [1.807, 2.05) is 24.3 Å². The van der Waals surface area contributed by atoms with E-state index >= 15 is 0 Å². The maximum absolute atomic E-state index is 12.3. The van der Waals surface area contributed by atoms with Crippen LogP contribution in [0.5, 0.6) is 0 Å². The van der Waals surface area contributed by atoms with Crippen LogP contribution in [-0.2, 0) is 17.4 Å². The van der Waals surface area contributed by atoms with Crippen LogP contribution in [0.2, 0.25) is 0 Å². The average Bonchev–Trinajstić information content (AvgIpc) is 3.07. The molecule has 0 aliphatic rings. The molecule has 8 heteroatoms. The average molecular weight is 383 g/mol. The second kappa shape index (κ2) is 9.53. The predicted molar refractivity (Wildman–Crippen MR) is 95.2 cm³/mol. The molecule has 1 aromatic heterocycles. The van der Waals surface area contributed by atoms with Gasteiger partial charge < -0.3 is 9.84 Å². The molecule has 5 nitrogen and oxygen atoms in total. The highest BCUT2D eigenvalue weighted by atomic mass is 19.4. The predicted octanol–water partition coefficient (Wildman–Crippen LogP) is 5.34. The van der Waals surface area contributed by atoms with Crippen LogP contribution in [0.3, 0.4) is 0 Å². The maximum atomic E-state index is 12.3. The van der Waals surface area contributed by atoms with Crippen LogP contribution in [0.1, 0.15) is 69.1 Å². The number of aryl methyl sites for hydroxylation is 1. The molecule has 2 rings (SSSR count). The summed E-state index contributed by atoms with van der Waals surface area (Å²) in [5, 5.41) is 6.19. The molecule has 27 heavy (non-hydrogen) atoms. The molecule has 148 valence electrons. The molecule has 0 saturated carbocycles. The van der Waals surface area contributed by atoms with E-state index in [9.17, 15) is 18.0 Å². The van der Waals surface area contributed by atoms with Gasteiger partial charge in [-0.3, -0.25) is 4.79 Å². The van der Waals surface area contributed by atoms with Crippen molar-refractivity contribution in [3.63, 3.8) is 0 Å². The normalized spacial score (nSPS) is 11.8. The summed E-state index contributed by atoms with van der Waals surface area (Å²) < 4.78 is 41.2. The summed E-state index contributed by atoms with van der Waals surface area (Å²) in [5.41, 5.74) is 2.00. The maximum Gasteiger partial charge on any atom is 0.471 e. The summed E-state index contributed by atoms with van der Waals surface area (Å²) in [6, 6.07) is 7.80. The van der Waals surface area contributed by atoms with Gasteiger partial charge in [0, 0.05) is 18.5 Å². The van der Waals surface area contributed by atoms with Crippen LogP contribution in [0.4, 0.5) is 18.9 Å². The largest absolute Gasteiger partial charge is 0.471 e. The highest BCUT2D eigenvalue weighted by molar-refractivity contribution is 5.90. The highest BCUT2D eigenvalue weighted by Crippen LogP contribution is 2.27. The number of halogens is 3. The Morgan fingerprint density at radius 1 is 1.11 bits per heavy atom. The molecule has 0 aliphatic heterocycles.